The molecule has 2 N–H and O–H groups in total. The molecule has 0 radical (unpaired) electrons. The highest BCUT2D eigenvalue weighted by Gasteiger charge is 2.31. The normalized spacial score (nSPS) is 21.6. The van der Waals surface area contributed by atoms with E-state index in [1.165, 1.54) is 0 Å². The summed E-state index contributed by atoms with van der Waals surface area (Å²) in [5.74, 6) is 0.0678. The molecular weight excluding hydrogens is 178 g/mol. The molecule has 0 aromatic rings. The molecule has 1 amide bonds. The third-order valence-corrected chi connectivity index (χ3v) is 2.51. The Morgan fingerprint density at radius 3 is 2.86 bits per heavy atom. The molecule has 4 heteroatoms. The van der Waals surface area contributed by atoms with Crippen LogP contribution >= 0.6 is 0 Å². The second-order valence-electron chi connectivity index (χ2n) is 3.69. The fourth-order valence-corrected chi connectivity index (χ4v) is 1.64. The van der Waals surface area contributed by atoms with Gasteiger partial charge in [-0.3, -0.25) is 4.79 Å². The largest absolute Gasteiger partial charge is 0.330 e. The van der Waals surface area contributed by atoms with Gasteiger partial charge in [-0.1, -0.05) is 13.3 Å². The summed E-state index contributed by atoms with van der Waals surface area (Å²) in [6, 6.07) is 0. The van der Waals surface area contributed by atoms with Gasteiger partial charge < -0.3 is 5.73 Å². The number of nitrogens with two attached hydrogens (primary N) is 1. The lowest BCUT2D eigenvalue weighted by Gasteiger charge is -2.12. The molecule has 0 saturated carbocycles. The molecule has 1 aliphatic heterocycles. The standard InChI is InChI=1S/C10H19N3O/c1-3-4-7-13-10(14)9(5-6-11)8(2)12-13/h9H,3-7,11H2,1-2H3. The van der Waals surface area contributed by atoms with Crippen molar-refractivity contribution < 1.29 is 4.79 Å². The SMILES string of the molecule is CCCCN1N=C(C)C(CCN)C1=O. The van der Waals surface area contributed by atoms with E-state index in [-0.39, 0.29) is 11.8 Å². The van der Waals surface area contributed by atoms with E-state index in [1.54, 1.807) is 5.01 Å². The fourth-order valence-electron chi connectivity index (χ4n) is 1.64. The summed E-state index contributed by atoms with van der Waals surface area (Å²) in [7, 11) is 0. The van der Waals surface area contributed by atoms with E-state index in [1.807, 2.05) is 6.92 Å². The van der Waals surface area contributed by atoms with Crippen LogP contribution in [-0.4, -0.2) is 29.7 Å². The Labute approximate surface area is 85.1 Å². The molecule has 0 fully saturated rings. The number of hydrazone groups is 1. The molecule has 0 aliphatic carbocycles. The lowest BCUT2D eigenvalue weighted by Crippen LogP contribution is -2.29. The van der Waals surface area contributed by atoms with Gasteiger partial charge in [0, 0.05) is 12.3 Å². The van der Waals surface area contributed by atoms with Crippen LogP contribution in [0.2, 0.25) is 0 Å². The molecule has 80 valence electrons. The minimum Gasteiger partial charge on any atom is -0.330 e. The van der Waals surface area contributed by atoms with Crippen LogP contribution in [0.3, 0.4) is 0 Å². The average molecular weight is 197 g/mol. The van der Waals surface area contributed by atoms with Crippen LogP contribution in [0.1, 0.15) is 33.1 Å². The van der Waals surface area contributed by atoms with Gasteiger partial charge in [0.15, 0.2) is 0 Å². The summed E-state index contributed by atoms with van der Waals surface area (Å²) in [5, 5.41) is 5.85. The number of carbonyl (C=O) groups is 1. The van der Waals surface area contributed by atoms with Gasteiger partial charge in [0.25, 0.3) is 5.91 Å². The lowest BCUT2D eigenvalue weighted by molar-refractivity contribution is -0.131. The van der Waals surface area contributed by atoms with Gasteiger partial charge >= 0.3 is 0 Å². The first-order chi connectivity index (χ1) is 6.70. The van der Waals surface area contributed by atoms with Crippen LogP contribution in [0.25, 0.3) is 0 Å². The Hall–Kier alpha value is -0.900. The monoisotopic (exact) mass is 197 g/mol. The zero-order valence-corrected chi connectivity index (χ0v) is 8.99. The van der Waals surface area contributed by atoms with Gasteiger partial charge in [-0.25, -0.2) is 5.01 Å². The molecule has 1 atom stereocenters. The molecule has 0 aromatic carbocycles. The first kappa shape index (κ1) is 11.2. The van der Waals surface area contributed by atoms with E-state index in [0.717, 1.165) is 31.5 Å². The van der Waals surface area contributed by atoms with Crippen molar-refractivity contribution in [3.05, 3.63) is 0 Å². The van der Waals surface area contributed by atoms with Crippen molar-refractivity contribution in [2.75, 3.05) is 13.1 Å². The van der Waals surface area contributed by atoms with Crippen LogP contribution in [0.4, 0.5) is 0 Å². The molecule has 4 nitrogen and oxygen atoms in total. The van der Waals surface area contributed by atoms with Crippen molar-refractivity contribution in [3.63, 3.8) is 0 Å². The predicted molar refractivity (Wildman–Crippen MR) is 56.9 cm³/mol. The molecule has 0 bridgehead atoms. The van der Waals surface area contributed by atoms with Crippen LogP contribution in [0.15, 0.2) is 5.10 Å². The van der Waals surface area contributed by atoms with Crippen molar-refractivity contribution in [3.8, 4) is 0 Å². The summed E-state index contributed by atoms with van der Waals surface area (Å²) < 4.78 is 0. The topological polar surface area (TPSA) is 58.7 Å². The Kier molecular flexibility index (Phi) is 4.07. The molecule has 1 aliphatic rings. The third kappa shape index (κ3) is 2.32. The first-order valence-electron chi connectivity index (χ1n) is 5.27. The molecule has 1 rings (SSSR count). The fraction of sp³-hybridized carbons (Fsp3) is 0.800. The minimum atomic E-state index is -0.0585. The highest BCUT2D eigenvalue weighted by molar-refractivity contribution is 6.06. The van der Waals surface area contributed by atoms with Gasteiger partial charge in [-0.05, 0) is 26.3 Å². The van der Waals surface area contributed by atoms with Gasteiger partial charge in [-0.2, -0.15) is 5.10 Å². The van der Waals surface area contributed by atoms with Crippen LogP contribution in [0.5, 0.6) is 0 Å². The maximum Gasteiger partial charge on any atom is 0.251 e. The van der Waals surface area contributed by atoms with E-state index < -0.39 is 0 Å². The van der Waals surface area contributed by atoms with Crippen molar-refractivity contribution >= 4 is 11.6 Å². The number of hydrogen-bond acceptors (Lipinski definition) is 3. The number of rotatable bonds is 5. The van der Waals surface area contributed by atoms with E-state index in [9.17, 15) is 4.79 Å². The van der Waals surface area contributed by atoms with Crippen molar-refractivity contribution in [1.82, 2.24) is 5.01 Å². The van der Waals surface area contributed by atoms with E-state index in [4.69, 9.17) is 5.73 Å². The highest BCUT2D eigenvalue weighted by Crippen LogP contribution is 2.18. The van der Waals surface area contributed by atoms with Crippen LogP contribution in [0, 0.1) is 5.92 Å². The zero-order chi connectivity index (χ0) is 10.6. The third-order valence-electron chi connectivity index (χ3n) is 2.51. The number of carbonyl (C=O) groups excluding carboxylic acids is 1. The van der Waals surface area contributed by atoms with Crippen LogP contribution < -0.4 is 5.73 Å². The van der Waals surface area contributed by atoms with Gasteiger partial charge in [0.05, 0.1) is 5.92 Å². The number of hydrogen-bond donors (Lipinski definition) is 1. The quantitative estimate of drug-likeness (QED) is 0.714. The number of amides is 1. The lowest BCUT2D eigenvalue weighted by atomic mass is 10.0. The molecule has 14 heavy (non-hydrogen) atoms. The van der Waals surface area contributed by atoms with Crippen molar-refractivity contribution in [1.29, 1.82) is 0 Å². The summed E-state index contributed by atoms with van der Waals surface area (Å²) in [6.07, 6.45) is 2.81. The van der Waals surface area contributed by atoms with Gasteiger partial charge in [0.1, 0.15) is 0 Å². The van der Waals surface area contributed by atoms with E-state index in [2.05, 4.69) is 12.0 Å². The highest BCUT2D eigenvalue weighted by atomic mass is 16.2. The number of nitrogens with zero attached hydrogens (tertiary/aromatic N) is 2. The summed E-state index contributed by atoms with van der Waals surface area (Å²) >= 11 is 0. The second-order valence-corrected chi connectivity index (χ2v) is 3.69. The number of unbranched alkanes of at least 4 members (excludes halogenated alkanes) is 1. The van der Waals surface area contributed by atoms with Crippen molar-refractivity contribution in [2.45, 2.75) is 33.1 Å². The van der Waals surface area contributed by atoms with E-state index >= 15 is 0 Å². The Morgan fingerprint density at radius 2 is 2.29 bits per heavy atom. The van der Waals surface area contributed by atoms with Crippen molar-refractivity contribution in [2.24, 2.45) is 16.8 Å². The summed E-state index contributed by atoms with van der Waals surface area (Å²) in [6.45, 7) is 5.30. The van der Waals surface area contributed by atoms with E-state index in [0.29, 0.717) is 6.54 Å². The smallest absolute Gasteiger partial charge is 0.251 e. The average Bonchev–Trinajstić information content (AvgIpc) is 2.43. The zero-order valence-electron chi connectivity index (χ0n) is 8.99. The maximum absolute atomic E-state index is 11.8. The van der Waals surface area contributed by atoms with Crippen LogP contribution in [-0.2, 0) is 4.79 Å². The molecule has 1 heterocycles. The molecular formula is C10H19N3O. The van der Waals surface area contributed by atoms with Gasteiger partial charge in [-0.15, -0.1) is 0 Å². The Morgan fingerprint density at radius 1 is 1.57 bits per heavy atom. The predicted octanol–water partition coefficient (Wildman–Crippen LogP) is 0.970. The molecule has 1 unspecified atom stereocenters. The minimum absolute atomic E-state index is 0.0585. The second kappa shape index (κ2) is 5.10. The summed E-state index contributed by atoms with van der Waals surface area (Å²) in [4.78, 5) is 11.8. The van der Waals surface area contributed by atoms with Gasteiger partial charge in [0.2, 0.25) is 0 Å². The molecule has 0 saturated heterocycles. The maximum atomic E-state index is 11.8. The molecule has 0 aromatic heterocycles. The Bertz CT molecular complexity index is 238. The Balaban J connectivity index is 2.54. The molecule has 0 spiro atoms. The first-order valence-corrected chi connectivity index (χ1v) is 5.27. The summed E-state index contributed by atoms with van der Waals surface area (Å²) in [5.41, 5.74) is 6.37.